The van der Waals surface area contributed by atoms with Gasteiger partial charge >= 0.3 is 0 Å². The van der Waals surface area contributed by atoms with E-state index < -0.39 is 0 Å². The van der Waals surface area contributed by atoms with Gasteiger partial charge in [0, 0.05) is 22.8 Å². The molecule has 0 fully saturated rings. The van der Waals surface area contributed by atoms with Crippen molar-refractivity contribution < 1.29 is 9.53 Å². The Morgan fingerprint density at radius 3 is 2.67 bits per heavy atom. The van der Waals surface area contributed by atoms with Crippen LogP contribution in [0.25, 0.3) is 16.6 Å². The molecule has 2 aromatic carbocycles. The average Bonchev–Trinajstić information content (AvgIpc) is 3.29. The molecule has 10 nitrogen and oxygen atoms in total. The highest BCUT2D eigenvalue weighted by Gasteiger charge is 2.08. The third-order valence-electron chi connectivity index (χ3n) is 4.62. The van der Waals surface area contributed by atoms with Gasteiger partial charge < -0.3 is 15.4 Å². The number of carbonyl (C=O) groups excluding carboxylic acids is 1. The summed E-state index contributed by atoms with van der Waals surface area (Å²) in [5, 5.41) is 10.8. The molecule has 0 saturated carbocycles. The fourth-order valence-corrected chi connectivity index (χ4v) is 3.14. The van der Waals surface area contributed by atoms with Gasteiger partial charge in [0.2, 0.25) is 5.88 Å². The Labute approximate surface area is 187 Å². The van der Waals surface area contributed by atoms with Crippen LogP contribution in [0.4, 0.5) is 17.2 Å². The summed E-state index contributed by atoms with van der Waals surface area (Å²) < 4.78 is 7.36. The van der Waals surface area contributed by atoms with Crippen molar-refractivity contribution in [2.45, 2.75) is 6.92 Å². The maximum Gasteiger partial charge on any atom is 0.300 e. The van der Waals surface area contributed by atoms with Gasteiger partial charge in [-0.15, -0.1) is 0 Å². The van der Waals surface area contributed by atoms with Crippen molar-refractivity contribution in [3.8, 4) is 23.5 Å². The molecule has 0 bridgehead atoms. The Morgan fingerprint density at radius 1 is 0.970 bits per heavy atom. The van der Waals surface area contributed by atoms with Gasteiger partial charge in [0.25, 0.3) is 5.91 Å². The highest BCUT2D eigenvalue weighted by atomic mass is 16.5. The van der Waals surface area contributed by atoms with Crippen molar-refractivity contribution >= 4 is 39.6 Å². The van der Waals surface area contributed by atoms with Crippen LogP contribution in [0.3, 0.4) is 0 Å². The first-order chi connectivity index (χ1) is 16.2. The summed E-state index contributed by atoms with van der Waals surface area (Å²) >= 11 is 0. The van der Waals surface area contributed by atoms with E-state index >= 15 is 0 Å². The van der Waals surface area contributed by atoms with Crippen LogP contribution in [0, 0.1) is 11.8 Å². The minimum atomic E-state index is -0.378. The van der Waals surface area contributed by atoms with Gasteiger partial charge in [-0.1, -0.05) is 5.92 Å². The smallest absolute Gasteiger partial charge is 0.300 e. The van der Waals surface area contributed by atoms with Crippen molar-refractivity contribution in [1.82, 2.24) is 29.5 Å². The summed E-state index contributed by atoms with van der Waals surface area (Å²) in [6.07, 6.45) is 4.48. The van der Waals surface area contributed by atoms with Gasteiger partial charge in [0.05, 0.1) is 5.52 Å². The van der Waals surface area contributed by atoms with Gasteiger partial charge in [-0.05, 0) is 55.3 Å². The number of hydrogen-bond acceptors (Lipinski definition) is 8. The molecule has 160 valence electrons. The number of amides is 1. The highest BCUT2D eigenvalue weighted by molar-refractivity contribution is 6.05. The third kappa shape index (κ3) is 4.38. The summed E-state index contributed by atoms with van der Waals surface area (Å²) in [5.74, 6) is 6.29. The average molecular weight is 436 g/mol. The summed E-state index contributed by atoms with van der Waals surface area (Å²) in [5.41, 5.74) is 2.79. The molecule has 10 heteroatoms. The Bertz CT molecular complexity index is 1530. The molecular formula is C23H16N8O2. The standard InChI is InChI=1S/C23H16N8O2/c1-2-3-21(32)29-16-6-9-19-18(10-16)23(26-12-24-19)30-15-4-7-17(8-5-15)33-22-11-20-25-13-28-31(20)14-27-22/h4-14H,1H3,(H,29,32)(H,24,26,30). The molecule has 0 unspecified atom stereocenters. The topological polar surface area (TPSA) is 119 Å². The van der Waals surface area contributed by atoms with E-state index in [9.17, 15) is 4.79 Å². The fraction of sp³-hybridized carbons (Fsp3) is 0.0435. The molecule has 33 heavy (non-hydrogen) atoms. The molecule has 3 aromatic heterocycles. The summed E-state index contributed by atoms with van der Waals surface area (Å²) in [4.78, 5) is 28.7. The molecule has 1 amide bonds. The van der Waals surface area contributed by atoms with Crippen LogP contribution < -0.4 is 15.4 Å². The van der Waals surface area contributed by atoms with Crippen molar-refractivity contribution in [2.75, 3.05) is 10.6 Å². The minimum Gasteiger partial charge on any atom is -0.439 e. The van der Waals surface area contributed by atoms with Crippen LogP contribution >= 0.6 is 0 Å². The van der Waals surface area contributed by atoms with E-state index in [1.165, 1.54) is 12.7 Å². The van der Waals surface area contributed by atoms with E-state index in [-0.39, 0.29) is 5.91 Å². The van der Waals surface area contributed by atoms with Crippen molar-refractivity contribution in [2.24, 2.45) is 0 Å². The number of nitrogens with zero attached hydrogens (tertiary/aromatic N) is 6. The normalized spacial score (nSPS) is 10.5. The second-order valence-corrected chi connectivity index (χ2v) is 6.82. The van der Waals surface area contributed by atoms with Gasteiger partial charge in [-0.3, -0.25) is 4.79 Å². The maximum absolute atomic E-state index is 11.8. The van der Waals surface area contributed by atoms with Crippen LogP contribution in [0.15, 0.2) is 67.5 Å². The quantitative estimate of drug-likeness (QED) is 0.401. The number of fused-ring (bicyclic) bond motifs is 2. The minimum absolute atomic E-state index is 0.378. The predicted octanol–water partition coefficient (Wildman–Crippen LogP) is 3.57. The summed E-state index contributed by atoms with van der Waals surface area (Å²) in [7, 11) is 0. The number of aromatic nitrogens is 6. The second kappa shape index (κ2) is 8.60. The van der Waals surface area contributed by atoms with Crippen molar-refractivity contribution in [3.63, 3.8) is 0 Å². The van der Waals surface area contributed by atoms with E-state index in [2.05, 4.69) is 47.5 Å². The van der Waals surface area contributed by atoms with Crippen molar-refractivity contribution in [1.29, 1.82) is 0 Å². The molecule has 0 atom stereocenters. The van der Waals surface area contributed by atoms with Crippen LogP contribution in [0.2, 0.25) is 0 Å². The number of anilines is 3. The molecule has 3 heterocycles. The number of carbonyl (C=O) groups is 1. The van der Waals surface area contributed by atoms with E-state index in [0.717, 1.165) is 16.6 Å². The Kier molecular flexibility index (Phi) is 5.19. The molecule has 2 N–H and O–H groups in total. The van der Waals surface area contributed by atoms with E-state index in [1.54, 1.807) is 36.0 Å². The zero-order valence-electron chi connectivity index (χ0n) is 17.4. The lowest BCUT2D eigenvalue weighted by Gasteiger charge is -2.11. The largest absolute Gasteiger partial charge is 0.439 e. The third-order valence-corrected chi connectivity index (χ3v) is 4.62. The van der Waals surface area contributed by atoms with E-state index in [0.29, 0.717) is 28.8 Å². The molecule has 0 radical (unpaired) electrons. The number of hydrogen-bond donors (Lipinski definition) is 2. The van der Waals surface area contributed by atoms with Crippen LogP contribution in [0.1, 0.15) is 6.92 Å². The molecule has 5 rings (SSSR count). The van der Waals surface area contributed by atoms with Gasteiger partial charge in [0.1, 0.15) is 30.5 Å². The molecular weight excluding hydrogens is 420 g/mol. The fourth-order valence-electron chi connectivity index (χ4n) is 3.14. The van der Waals surface area contributed by atoms with Gasteiger partial charge in [0.15, 0.2) is 5.65 Å². The SMILES string of the molecule is CC#CC(=O)Nc1ccc2ncnc(Nc3ccc(Oc4cc5ncnn5cn4)cc3)c2c1. The number of ether oxygens (including phenoxy) is 1. The second-order valence-electron chi connectivity index (χ2n) is 6.82. The summed E-state index contributed by atoms with van der Waals surface area (Å²) in [6, 6.07) is 14.4. The Hall–Kier alpha value is -5.04. The first kappa shape index (κ1) is 19.9. The number of rotatable bonds is 5. The molecule has 0 spiro atoms. The van der Waals surface area contributed by atoms with Crippen LogP contribution in [-0.4, -0.2) is 35.5 Å². The lowest BCUT2D eigenvalue weighted by molar-refractivity contribution is -0.111. The van der Waals surface area contributed by atoms with Gasteiger partial charge in [-0.25, -0.2) is 24.5 Å². The Morgan fingerprint density at radius 2 is 1.82 bits per heavy atom. The lowest BCUT2D eigenvalue weighted by Crippen LogP contribution is -2.08. The predicted molar refractivity (Wildman–Crippen MR) is 122 cm³/mol. The molecule has 5 aromatic rings. The zero-order chi connectivity index (χ0) is 22.6. The zero-order valence-corrected chi connectivity index (χ0v) is 17.4. The molecule has 0 saturated heterocycles. The monoisotopic (exact) mass is 436 g/mol. The highest BCUT2D eigenvalue weighted by Crippen LogP contribution is 2.27. The number of nitrogens with one attached hydrogen (secondary N) is 2. The van der Waals surface area contributed by atoms with E-state index in [4.69, 9.17) is 4.74 Å². The van der Waals surface area contributed by atoms with Crippen molar-refractivity contribution in [3.05, 3.63) is 67.5 Å². The Balaban J connectivity index is 1.35. The molecule has 0 aliphatic rings. The summed E-state index contributed by atoms with van der Waals surface area (Å²) in [6.45, 7) is 1.61. The first-order valence-electron chi connectivity index (χ1n) is 9.87. The first-order valence-corrected chi connectivity index (χ1v) is 9.87. The lowest BCUT2D eigenvalue weighted by atomic mass is 10.2. The molecule has 0 aliphatic carbocycles. The van der Waals surface area contributed by atoms with Crippen LogP contribution in [-0.2, 0) is 4.79 Å². The molecule has 0 aliphatic heterocycles. The van der Waals surface area contributed by atoms with E-state index in [1.807, 2.05) is 30.3 Å². The number of benzene rings is 2. The maximum atomic E-state index is 11.8. The van der Waals surface area contributed by atoms with Crippen LogP contribution in [0.5, 0.6) is 11.6 Å². The van der Waals surface area contributed by atoms with Gasteiger partial charge in [-0.2, -0.15) is 5.10 Å².